The molecule has 0 aromatic carbocycles. The predicted octanol–water partition coefficient (Wildman–Crippen LogP) is 3.25. The molecule has 0 spiro atoms. The van der Waals surface area contributed by atoms with Crippen molar-refractivity contribution in [3.05, 3.63) is 0 Å². The van der Waals surface area contributed by atoms with Crippen molar-refractivity contribution in [2.24, 2.45) is 17.8 Å². The lowest BCUT2D eigenvalue weighted by Crippen LogP contribution is -2.44. The maximum atomic E-state index is 6.32. The Labute approximate surface area is 149 Å². The summed E-state index contributed by atoms with van der Waals surface area (Å²) < 4.78 is 6.32. The van der Waals surface area contributed by atoms with Crippen molar-refractivity contribution in [3.8, 4) is 11.8 Å². The molecule has 3 heteroatoms. The first-order valence-corrected chi connectivity index (χ1v) is 10.2. The fourth-order valence-corrected chi connectivity index (χ4v) is 4.19. The molecule has 136 valence electrons. The zero-order valence-corrected chi connectivity index (χ0v) is 16.0. The molecule has 0 aromatic rings. The maximum absolute atomic E-state index is 6.32. The molecule has 3 nitrogen and oxygen atoms in total. The molecule has 0 radical (unpaired) electrons. The smallest absolute Gasteiger partial charge is 0.0603 e. The van der Waals surface area contributed by atoms with Gasteiger partial charge in [-0.2, -0.15) is 0 Å². The van der Waals surface area contributed by atoms with E-state index in [0.717, 1.165) is 18.8 Å². The molecule has 0 amide bonds. The summed E-state index contributed by atoms with van der Waals surface area (Å²) in [6.45, 7) is 10.7. The zero-order valence-electron chi connectivity index (χ0n) is 16.0. The molecule has 2 aliphatic heterocycles. The highest BCUT2D eigenvalue weighted by molar-refractivity contribution is 5.10. The summed E-state index contributed by atoms with van der Waals surface area (Å²) in [6, 6.07) is 0. The Morgan fingerprint density at radius 1 is 0.958 bits per heavy atom. The molecule has 1 saturated carbocycles. The van der Waals surface area contributed by atoms with Crippen molar-refractivity contribution in [3.63, 3.8) is 0 Å². The standard InChI is InChI=1S/C21H36N2O/c1-17(2)4-5-19-14-21(15-19)24-20-8-12-23(13-9-20)16-18-6-10-22(3)11-7-18/h17-21H,6-16H2,1-3H3/t19-,21-. The van der Waals surface area contributed by atoms with Crippen molar-refractivity contribution in [2.45, 2.75) is 64.6 Å². The van der Waals surface area contributed by atoms with E-state index in [1.165, 1.54) is 58.4 Å². The Bertz CT molecular complexity index is 430. The van der Waals surface area contributed by atoms with Crippen LogP contribution >= 0.6 is 0 Å². The second kappa shape index (κ2) is 8.70. The molecule has 0 atom stereocenters. The number of rotatable bonds is 4. The van der Waals surface area contributed by atoms with Crippen LogP contribution in [0.25, 0.3) is 0 Å². The van der Waals surface area contributed by atoms with Crippen molar-refractivity contribution in [1.82, 2.24) is 9.80 Å². The van der Waals surface area contributed by atoms with Gasteiger partial charge in [0.05, 0.1) is 12.2 Å². The van der Waals surface area contributed by atoms with Gasteiger partial charge in [0.2, 0.25) is 0 Å². The molecular weight excluding hydrogens is 296 g/mol. The zero-order chi connectivity index (χ0) is 16.9. The first-order chi connectivity index (χ1) is 11.6. The molecule has 1 aliphatic carbocycles. The third-order valence-electron chi connectivity index (χ3n) is 5.94. The van der Waals surface area contributed by atoms with Gasteiger partial charge in [0.15, 0.2) is 0 Å². The third kappa shape index (κ3) is 5.48. The quantitative estimate of drug-likeness (QED) is 0.735. The van der Waals surface area contributed by atoms with E-state index in [9.17, 15) is 0 Å². The Morgan fingerprint density at radius 2 is 1.62 bits per heavy atom. The highest BCUT2D eigenvalue weighted by Gasteiger charge is 2.32. The maximum Gasteiger partial charge on any atom is 0.0603 e. The Kier molecular flexibility index (Phi) is 6.61. The Balaban J connectivity index is 1.29. The highest BCUT2D eigenvalue weighted by atomic mass is 16.5. The number of hydrogen-bond acceptors (Lipinski definition) is 3. The Hall–Kier alpha value is -0.560. The summed E-state index contributed by atoms with van der Waals surface area (Å²) in [5.41, 5.74) is 0. The van der Waals surface area contributed by atoms with Crippen molar-refractivity contribution in [2.75, 3.05) is 39.8 Å². The van der Waals surface area contributed by atoms with Crippen LogP contribution < -0.4 is 0 Å². The topological polar surface area (TPSA) is 15.7 Å². The van der Waals surface area contributed by atoms with E-state index < -0.39 is 0 Å². The first-order valence-electron chi connectivity index (χ1n) is 10.2. The van der Waals surface area contributed by atoms with Gasteiger partial charge in [-0.25, -0.2) is 0 Å². The van der Waals surface area contributed by atoms with Crippen LogP contribution in [-0.4, -0.2) is 61.8 Å². The molecule has 3 fully saturated rings. The van der Waals surface area contributed by atoms with Gasteiger partial charge in [-0.3, -0.25) is 0 Å². The van der Waals surface area contributed by atoms with Crippen molar-refractivity contribution in [1.29, 1.82) is 0 Å². The van der Waals surface area contributed by atoms with E-state index in [1.54, 1.807) is 0 Å². The van der Waals surface area contributed by atoms with Crippen LogP contribution in [-0.2, 0) is 4.74 Å². The summed E-state index contributed by atoms with van der Waals surface area (Å²) in [7, 11) is 2.25. The van der Waals surface area contributed by atoms with E-state index in [1.807, 2.05) is 0 Å². The normalized spacial score (nSPS) is 30.8. The summed E-state index contributed by atoms with van der Waals surface area (Å²) in [4.78, 5) is 5.15. The monoisotopic (exact) mass is 332 g/mol. The average molecular weight is 333 g/mol. The fraction of sp³-hybridized carbons (Fsp3) is 0.905. The van der Waals surface area contributed by atoms with Gasteiger partial charge in [0.25, 0.3) is 0 Å². The lowest BCUT2D eigenvalue weighted by Gasteiger charge is -2.40. The molecule has 0 bridgehead atoms. The van der Waals surface area contributed by atoms with Gasteiger partial charge < -0.3 is 14.5 Å². The molecule has 3 aliphatic rings. The van der Waals surface area contributed by atoms with Gasteiger partial charge >= 0.3 is 0 Å². The van der Waals surface area contributed by atoms with Crippen LogP contribution in [0.1, 0.15) is 52.4 Å². The molecule has 2 heterocycles. The average Bonchev–Trinajstić information content (AvgIpc) is 2.53. The van der Waals surface area contributed by atoms with Gasteiger partial charge in [0.1, 0.15) is 0 Å². The summed E-state index contributed by atoms with van der Waals surface area (Å²) >= 11 is 0. The molecule has 3 rings (SSSR count). The van der Waals surface area contributed by atoms with Crippen LogP contribution in [0.4, 0.5) is 0 Å². The Morgan fingerprint density at radius 3 is 2.25 bits per heavy atom. The number of hydrogen-bond donors (Lipinski definition) is 0. The summed E-state index contributed by atoms with van der Waals surface area (Å²) in [5.74, 6) is 8.72. The number of nitrogens with zero attached hydrogens (tertiary/aromatic N) is 2. The summed E-state index contributed by atoms with van der Waals surface area (Å²) in [5, 5.41) is 0. The minimum Gasteiger partial charge on any atom is -0.375 e. The molecule has 0 aromatic heterocycles. The number of ether oxygens (including phenoxy) is 1. The lowest BCUT2D eigenvalue weighted by molar-refractivity contribution is -0.0858. The summed E-state index contributed by atoms with van der Waals surface area (Å²) in [6.07, 6.45) is 8.54. The lowest BCUT2D eigenvalue weighted by atomic mass is 9.82. The fourth-order valence-electron chi connectivity index (χ4n) is 4.19. The van der Waals surface area contributed by atoms with Gasteiger partial charge in [0, 0.05) is 31.5 Å². The van der Waals surface area contributed by atoms with Crippen LogP contribution in [0.2, 0.25) is 0 Å². The molecule has 2 saturated heterocycles. The first kappa shape index (κ1) is 18.2. The van der Waals surface area contributed by atoms with Crippen LogP contribution in [0.15, 0.2) is 0 Å². The van der Waals surface area contributed by atoms with Crippen molar-refractivity contribution >= 4 is 0 Å². The molecular formula is C21H36N2O. The van der Waals surface area contributed by atoms with Gasteiger partial charge in [-0.15, -0.1) is 5.92 Å². The minimum absolute atomic E-state index is 0.488. The molecule has 0 N–H and O–H groups in total. The van der Waals surface area contributed by atoms with E-state index in [0.29, 0.717) is 24.0 Å². The van der Waals surface area contributed by atoms with E-state index in [-0.39, 0.29) is 0 Å². The van der Waals surface area contributed by atoms with E-state index in [2.05, 4.69) is 42.5 Å². The van der Waals surface area contributed by atoms with Crippen LogP contribution in [0.3, 0.4) is 0 Å². The van der Waals surface area contributed by atoms with Crippen LogP contribution in [0, 0.1) is 29.6 Å². The molecule has 24 heavy (non-hydrogen) atoms. The van der Waals surface area contributed by atoms with Crippen LogP contribution in [0.5, 0.6) is 0 Å². The molecule has 0 unspecified atom stereocenters. The van der Waals surface area contributed by atoms with Crippen molar-refractivity contribution < 1.29 is 4.74 Å². The second-order valence-corrected chi connectivity index (χ2v) is 8.62. The third-order valence-corrected chi connectivity index (χ3v) is 5.94. The highest BCUT2D eigenvalue weighted by Crippen LogP contribution is 2.32. The van der Waals surface area contributed by atoms with E-state index in [4.69, 9.17) is 4.74 Å². The van der Waals surface area contributed by atoms with E-state index >= 15 is 0 Å². The van der Waals surface area contributed by atoms with Gasteiger partial charge in [-0.05, 0) is 64.6 Å². The minimum atomic E-state index is 0.488. The number of likely N-dealkylation sites (tertiary alicyclic amines) is 2. The second-order valence-electron chi connectivity index (χ2n) is 8.62. The number of piperidine rings is 2. The SMILES string of the molecule is CC(C)C#C[C@H]1C[C@H](OC2CCN(CC3CCN(C)CC3)CC2)C1. The van der Waals surface area contributed by atoms with Gasteiger partial charge in [-0.1, -0.05) is 19.8 Å². The largest absolute Gasteiger partial charge is 0.375 e. The predicted molar refractivity (Wildman–Crippen MR) is 99.9 cm³/mol.